The first kappa shape index (κ1) is 17.8. The summed E-state index contributed by atoms with van der Waals surface area (Å²) in [5.74, 6) is -1.45. The minimum Gasteiger partial charge on any atom is -0.330 e. The van der Waals surface area contributed by atoms with Gasteiger partial charge < -0.3 is 5.73 Å². The molecular weight excluding hydrogens is 344 g/mol. The van der Waals surface area contributed by atoms with Gasteiger partial charge in [-0.25, -0.2) is 17.2 Å². The summed E-state index contributed by atoms with van der Waals surface area (Å²) in [5, 5.41) is -0.817. The predicted molar refractivity (Wildman–Crippen MR) is 86.0 cm³/mol. The molecule has 2 rings (SSSR count). The largest absolute Gasteiger partial charge is 0.330 e. The second-order valence-corrected chi connectivity index (χ2v) is 7.65. The molecule has 23 heavy (non-hydrogen) atoms. The molecule has 0 fully saturated rings. The quantitative estimate of drug-likeness (QED) is 0.851. The molecule has 0 spiro atoms. The van der Waals surface area contributed by atoms with E-state index >= 15 is 0 Å². The normalized spacial score (nSPS) is 13.0. The molecule has 1 unspecified atom stereocenters. The van der Waals surface area contributed by atoms with Crippen LogP contribution in [0.4, 0.5) is 8.78 Å². The average Bonchev–Trinajstić information content (AvgIpc) is 2.51. The Morgan fingerprint density at radius 2 is 1.74 bits per heavy atom. The van der Waals surface area contributed by atoms with E-state index in [1.807, 2.05) is 0 Å². The summed E-state index contributed by atoms with van der Waals surface area (Å²) in [6.07, 6.45) is 0.468. The van der Waals surface area contributed by atoms with Crippen molar-refractivity contribution in [2.45, 2.75) is 23.0 Å². The minimum absolute atomic E-state index is 0.00702. The van der Waals surface area contributed by atoms with Crippen LogP contribution in [-0.2, 0) is 9.84 Å². The lowest BCUT2D eigenvalue weighted by atomic mass is 10.1. The molecule has 2 N–H and O–H groups in total. The van der Waals surface area contributed by atoms with Crippen LogP contribution >= 0.6 is 11.6 Å². The van der Waals surface area contributed by atoms with Gasteiger partial charge in [-0.1, -0.05) is 11.6 Å². The zero-order valence-electron chi connectivity index (χ0n) is 12.2. The number of hydrogen-bond acceptors (Lipinski definition) is 3. The average molecular weight is 360 g/mol. The Morgan fingerprint density at radius 1 is 1.09 bits per heavy atom. The van der Waals surface area contributed by atoms with Gasteiger partial charge in [0.25, 0.3) is 0 Å². The highest BCUT2D eigenvalue weighted by atomic mass is 35.5. The van der Waals surface area contributed by atoms with E-state index in [0.29, 0.717) is 11.4 Å². The summed E-state index contributed by atoms with van der Waals surface area (Å²) in [4.78, 5) is 0.00702. The van der Waals surface area contributed by atoms with Gasteiger partial charge >= 0.3 is 0 Å². The van der Waals surface area contributed by atoms with E-state index in [1.165, 1.54) is 24.3 Å². The number of sulfone groups is 1. The second-order valence-electron chi connectivity index (χ2n) is 5.08. The Balaban J connectivity index is 2.53. The van der Waals surface area contributed by atoms with Crippen LogP contribution in [0, 0.1) is 11.6 Å². The topological polar surface area (TPSA) is 60.2 Å². The molecular formula is C16H16ClF2NO2S. The highest BCUT2D eigenvalue weighted by Gasteiger charge is 2.31. The van der Waals surface area contributed by atoms with E-state index in [4.69, 9.17) is 17.3 Å². The molecule has 0 saturated heterocycles. The van der Waals surface area contributed by atoms with Gasteiger partial charge in [0.15, 0.2) is 9.84 Å². The van der Waals surface area contributed by atoms with Crippen LogP contribution in [0.25, 0.3) is 0 Å². The fourth-order valence-electron chi connectivity index (χ4n) is 2.33. The molecule has 0 aliphatic heterocycles. The summed E-state index contributed by atoms with van der Waals surface area (Å²) < 4.78 is 53.2. The van der Waals surface area contributed by atoms with E-state index in [-0.39, 0.29) is 23.4 Å². The van der Waals surface area contributed by atoms with Gasteiger partial charge in [-0.2, -0.15) is 0 Å². The first-order chi connectivity index (χ1) is 10.9. The van der Waals surface area contributed by atoms with Crippen LogP contribution in [0.15, 0.2) is 47.4 Å². The van der Waals surface area contributed by atoms with Crippen molar-refractivity contribution >= 4 is 21.4 Å². The van der Waals surface area contributed by atoms with Crippen LogP contribution in [0.3, 0.4) is 0 Å². The minimum atomic E-state index is -3.90. The van der Waals surface area contributed by atoms with Gasteiger partial charge in [0.2, 0.25) is 0 Å². The zero-order valence-corrected chi connectivity index (χ0v) is 13.7. The summed E-state index contributed by atoms with van der Waals surface area (Å²) >= 11 is 5.77. The van der Waals surface area contributed by atoms with Crippen LogP contribution < -0.4 is 5.73 Å². The lowest BCUT2D eigenvalue weighted by molar-refractivity contribution is 0.547. The fraction of sp³-hybridized carbons (Fsp3) is 0.250. The molecule has 0 radical (unpaired) electrons. The SMILES string of the molecule is NCCCC(c1cc(F)ccc1F)S(=O)(=O)c1ccc(Cl)cc1. The van der Waals surface area contributed by atoms with Gasteiger partial charge in [0, 0.05) is 10.6 Å². The van der Waals surface area contributed by atoms with E-state index in [0.717, 1.165) is 18.2 Å². The van der Waals surface area contributed by atoms with E-state index in [1.54, 1.807) is 0 Å². The standard InChI is InChI=1S/C16H16ClF2NO2S/c17-11-3-6-13(7-4-11)23(21,22)16(2-1-9-20)14-10-12(18)5-8-15(14)19/h3-8,10,16H,1-2,9,20H2. The Morgan fingerprint density at radius 3 is 2.35 bits per heavy atom. The summed E-state index contributed by atoms with van der Waals surface area (Å²) in [6.45, 7) is 0.254. The molecule has 2 aromatic carbocycles. The molecule has 124 valence electrons. The Kier molecular flexibility index (Phi) is 5.73. The van der Waals surface area contributed by atoms with Crippen molar-refractivity contribution in [3.05, 3.63) is 64.7 Å². The molecule has 0 aliphatic rings. The summed E-state index contributed by atoms with van der Waals surface area (Å²) in [7, 11) is -3.90. The zero-order chi connectivity index (χ0) is 17.0. The molecule has 1 atom stereocenters. The molecule has 0 heterocycles. The highest BCUT2D eigenvalue weighted by molar-refractivity contribution is 7.91. The number of benzene rings is 2. The van der Waals surface area contributed by atoms with Crippen molar-refractivity contribution in [1.29, 1.82) is 0 Å². The van der Waals surface area contributed by atoms with Gasteiger partial charge in [-0.15, -0.1) is 0 Å². The molecule has 3 nitrogen and oxygen atoms in total. The number of halogens is 3. The van der Waals surface area contributed by atoms with Crippen molar-refractivity contribution in [2.24, 2.45) is 5.73 Å². The maximum absolute atomic E-state index is 14.1. The number of nitrogens with two attached hydrogens (primary N) is 1. The molecule has 2 aromatic rings. The molecule has 0 bridgehead atoms. The lowest BCUT2D eigenvalue weighted by Crippen LogP contribution is -2.17. The third kappa shape index (κ3) is 4.07. The van der Waals surface area contributed by atoms with E-state index in [9.17, 15) is 17.2 Å². The summed E-state index contributed by atoms with van der Waals surface area (Å²) in [5.41, 5.74) is 5.26. The van der Waals surface area contributed by atoms with E-state index in [2.05, 4.69) is 0 Å². The van der Waals surface area contributed by atoms with Crippen LogP contribution in [0.1, 0.15) is 23.7 Å². The molecule has 0 saturated carbocycles. The Labute approximate surface area is 139 Å². The molecule has 0 aromatic heterocycles. The first-order valence-corrected chi connectivity index (χ1v) is 8.93. The summed E-state index contributed by atoms with van der Waals surface area (Å²) in [6, 6.07) is 8.39. The van der Waals surface area contributed by atoms with Gasteiger partial charge in [0.1, 0.15) is 11.6 Å². The molecule has 7 heteroatoms. The van der Waals surface area contributed by atoms with Crippen LogP contribution in [0.2, 0.25) is 5.02 Å². The van der Waals surface area contributed by atoms with Crippen molar-refractivity contribution in [3.63, 3.8) is 0 Å². The van der Waals surface area contributed by atoms with Crippen LogP contribution in [0.5, 0.6) is 0 Å². The lowest BCUT2D eigenvalue weighted by Gasteiger charge is -2.19. The van der Waals surface area contributed by atoms with Crippen molar-refractivity contribution in [2.75, 3.05) is 6.54 Å². The van der Waals surface area contributed by atoms with Gasteiger partial charge in [-0.3, -0.25) is 0 Å². The van der Waals surface area contributed by atoms with Gasteiger partial charge in [0.05, 0.1) is 10.1 Å². The smallest absolute Gasteiger partial charge is 0.185 e. The van der Waals surface area contributed by atoms with Crippen LogP contribution in [-0.4, -0.2) is 15.0 Å². The third-order valence-electron chi connectivity index (χ3n) is 3.49. The molecule has 0 amide bonds. The van der Waals surface area contributed by atoms with E-state index < -0.39 is 26.7 Å². The monoisotopic (exact) mass is 359 g/mol. The predicted octanol–water partition coefficient (Wildman–Crippen LogP) is 3.87. The third-order valence-corrected chi connectivity index (χ3v) is 5.91. The Bertz CT molecular complexity index is 779. The molecule has 0 aliphatic carbocycles. The van der Waals surface area contributed by atoms with Gasteiger partial charge in [-0.05, 0) is 61.9 Å². The maximum atomic E-state index is 14.1. The van der Waals surface area contributed by atoms with Crippen molar-refractivity contribution in [1.82, 2.24) is 0 Å². The fourth-order valence-corrected chi connectivity index (χ4v) is 4.29. The first-order valence-electron chi connectivity index (χ1n) is 7.00. The van der Waals surface area contributed by atoms with Crippen molar-refractivity contribution < 1.29 is 17.2 Å². The highest BCUT2D eigenvalue weighted by Crippen LogP contribution is 2.34. The van der Waals surface area contributed by atoms with Crippen molar-refractivity contribution in [3.8, 4) is 0 Å². The number of hydrogen-bond donors (Lipinski definition) is 1. The number of rotatable bonds is 6. The maximum Gasteiger partial charge on any atom is 0.185 e. The second kappa shape index (κ2) is 7.38. The Hall–Kier alpha value is -1.50.